The third kappa shape index (κ3) is 5.22. The molecule has 4 nitrogen and oxygen atoms in total. The Bertz CT molecular complexity index is 3410. The first-order chi connectivity index (χ1) is 28.2. The summed E-state index contributed by atoms with van der Waals surface area (Å²) in [5, 5.41) is 6.27. The van der Waals surface area contributed by atoms with Gasteiger partial charge in [0, 0.05) is 62.9 Å². The molecule has 1 aliphatic rings. The van der Waals surface area contributed by atoms with Crippen molar-refractivity contribution >= 4 is 80.3 Å². The van der Waals surface area contributed by atoms with Crippen molar-refractivity contribution in [2.24, 2.45) is 0 Å². The van der Waals surface area contributed by atoms with Gasteiger partial charge in [0.2, 0.25) is 0 Å². The second-order valence-corrected chi connectivity index (χ2v) is 16.8. The average molecular weight is 765 g/mol. The lowest BCUT2D eigenvalue weighted by molar-refractivity contribution is 0.978. The zero-order valence-electron chi connectivity index (χ0n) is 30.7. The molecule has 0 fully saturated rings. The van der Waals surface area contributed by atoms with Gasteiger partial charge >= 0.3 is 0 Å². The Morgan fingerprint density at radius 1 is 0.456 bits per heavy atom. The molecule has 0 radical (unpaired) electrons. The fourth-order valence-electron chi connectivity index (χ4n) is 8.71. The smallest absolute Gasteiger partial charge is 0.165 e. The molecular formula is C51H32N4S2. The van der Waals surface area contributed by atoms with Gasteiger partial charge in [0.15, 0.2) is 17.5 Å². The zero-order chi connectivity index (χ0) is 37.5. The highest BCUT2D eigenvalue weighted by Gasteiger charge is 2.24. The highest BCUT2D eigenvalue weighted by molar-refractivity contribution is 7.26. The fraction of sp³-hybridized carbons (Fsp3) is 0.0392. The molecule has 0 atom stereocenters. The van der Waals surface area contributed by atoms with E-state index >= 15 is 0 Å². The van der Waals surface area contributed by atoms with E-state index < -0.39 is 0 Å². The van der Waals surface area contributed by atoms with Crippen LogP contribution >= 0.6 is 22.7 Å². The third-order valence-corrected chi connectivity index (χ3v) is 13.8. The highest BCUT2D eigenvalue weighted by Crippen LogP contribution is 2.44. The van der Waals surface area contributed by atoms with Gasteiger partial charge < -0.3 is 4.57 Å². The fourth-order valence-corrected chi connectivity index (χ4v) is 11.2. The summed E-state index contributed by atoms with van der Waals surface area (Å²) in [6.45, 7) is 0. The van der Waals surface area contributed by atoms with Crippen LogP contribution in [-0.4, -0.2) is 19.5 Å². The Morgan fingerprint density at radius 2 is 1.16 bits per heavy atom. The molecule has 0 amide bonds. The van der Waals surface area contributed by atoms with Gasteiger partial charge in [-0.25, -0.2) is 15.0 Å². The van der Waals surface area contributed by atoms with Gasteiger partial charge in [-0.2, -0.15) is 0 Å². The van der Waals surface area contributed by atoms with Crippen molar-refractivity contribution < 1.29 is 0 Å². The second kappa shape index (κ2) is 12.9. The number of para-hydroxylation sites is 1. The van der Waals surface area contributed by atoms with E-state index in [1.807, 2.05) is 40.9 Å². The maximum Gasteiger partial charge on any atom is 0.165 e. The molecule has 0 bridgehead atoms. The monoisotopic (exact) mass is 764 g/mol. The Hall–Kier alpha value is -6.73. The predicted molar refractivity (Wildman–Crippen MR) is 241 cm³/mol. The van der Waals surface area contributed by atoms with Crippen LogP contribution < -0.4 is 0 Å². The van der Waals surface area contributed by atoms with E-state index in [1.165, 1.54) is 73.6 Å². The van der Waals surface area contributed by atoms with Crippen molar-refractivity contribution in [3.05, 3.63) is 186 Å². The topological polar surface area (TPSA) is 43.6 Å². The van der Waals surface area contributed by atoms with Crippen molar-refractivity contribution in [1.29, 1.82) is 0 Å². The Kier molecular flexibility index (Phi) is 7.37. The average Bonchev–Trinajstić information content (AvgIpc) is 3.96. The predicted octanol–water partition coefficient (Wildman–Crippen LogP) is 13.9. The van der Waals surface area contributed by atoms with Crippen molar-refractivity contribution in [3.63, 3.8) is 0 Å². The molecule has 0 N–H and O–H groups in total. The molecule has 1 aliphatic carbocycles. The zero-order valence-corrected chi connectivity index (χ0v) is 32.3. The quantitative estimate of drug-likeness (QED) is 0.175. The maximum atomic E-state index is 5.32. The molecule has 268 valence electrons. The SMILES string of the molecule is C1=C(c2nc(-c3ccccc3)nc(-c3cccc4c3sc3ccc(-n5c6ccccc6c6cc(-c7ccccc7)ccc65)cc34)n2)c2sc3ccccc3c2CC1. The normalized spacial score (nSPS) is 12.9. The number of benzene rings is 7. The minimum atomic E-state index is 0.687. The van der Waals surface area contributed by atoms with Crippen LogP contribution in [-0.2, 0) is 6.42 Å². The largest absolute Gasteiger partial charge is 0.309 e. The number of aryl methyl sites for hydroxylation is 1. The number of hydrogen-bond acceptors (Lipinski definition) is 5. The Labute approximate surface area is 336 Å². The summed E-state index contributed by atoms with van der Waals surface area (Å²) in [7, 11) is 0. The Balaban J connectivity index is 1.03. The summed E-state index contributed by atoms with van der Waals surface area (Å²) in [5.74, 6) is 2.11. The number of allylic oxidation sites excluding steroid dienone is 1. The number of aromatic nitrogens is 4. The summed E-state index contributed by atoms with van der Waals surface area (Å²) in [5.41, 5.74) is 10.5. The van der Waals surface area contributed by atoms with Gasteiger partial charge in [-0.1, -0.05) is 121 Å². The molecule has 11 aromatic rings. The summed E-state index contributed by atoms with van der Waals surface area (Å²) >= 11 is 3.65. The molecule has 57 heavy (non-hydrogen) atoms. The minimum absolute atomic E-state index is 0.687. The Morgan fingerprint density at radius 3 is 2.04 bits per heavy atom. The first-order valence-electron chi connectivity index (χ1n) is 19.3. The minimum Gasteiger partial charge on any atom is -0.309 e. The highest BCUT2D eigenvalue weighted by atomic mass is 32.1. The van der Waals surface area contributed by atoms with E-state index in [-0.39, 0.29) is 0 Å². The van der Waals surface area contributed by atoms with Gasteiger partial charge in [0.25, 0.3) is 0 Å². The molecule has 0 unspecified atom stereocenters. The molecule has 6 heteroatoms. The van der Waals surface area contributed by atoms with Crippen LogP contribution in [0.3, 0.4) is 0 Å². The summed E-state index contributed by atoms with van der Waals surface area (Å²) < 4.78 is 6.13. The third-order valence-electron chi connectivity index (χ3n) is 11.4. The first-order valence-corrected chi connectivity index (χ1v) is 21.0. The van der Waals surface area contributed by atoms with Gasteiger partial charge in [0.05, 0.1) is 11.0 Å². The van der Waals surface area contributed by atoms with Crippen molar-refractivity contribution in [3.8, 4) is 39.6 Å². The number of thiophene rings is 2. The van der Waals surface area contributed by atoms with Crippen LogP contribution in [0.1, 0.15) is 22.7 Å². The van der Waals surface area contributed by atoms with Crippen molar-refractivity contribution in [2.45, 2.75) is 12.8 Å². The standard InChI is InChI=1S/C51H32N4S2/c1-3-13-31(14-4-1)33-25-27-44-41(29-33)35-17-7-9-23-43(35)55(44)34-26-28-46-42(30-34)38-20-12-22-40(48(38)57-46)51-53-49(32-15-5-2-6-16-32)52-50(54-51)39-21-11-19-37-36-18-8-10-24-45(36)56-47(37)39/h1-10,12-18,20-30H,11,19H2. The number of rotatable bonds is 5. The number of fused-ring (bicyclic) bond motifs is 9. The van der Waals surface area contributed by atoms with Gasteiger partial charge in [-0.3, -0.25) is 0 Å². The van der Waals surface area contributed by atoms with E-state index in [9.17, 15) is 0 Å². The van der Waals surface area contributed by atoms with Gasteiger partial charge in [-0.05, 0) is 83.4 Å². The van der Waals surface area contributed by atoms with Crippen LogP contribution in [0.4, 0.5) is 0 Å². The summed E-state index contributed by atoms with van der Waals surface area (Å²) in [4.78, 5) is 17.0. The molecule has 0 aliphatic heterocycles. The molecule has 12 rings (SSSR count). The first kappa shape index (κ1) is 32.5. The molecule has 7 aromatic carbocycles. The second-order valence-electron chi connectivity index (χ2n) is 14.6. The van der Waals surface area contributed by atoms with E-state index in [0.29, 0.717) is 11.6 Å². The summed E-state index contributed by atoms with van der Waals surface area (Å²) in [6, 6.07) is 58.8. The van der Waals surface area contributed by atoms with Gasteiger partial charge in [-0.15, -0.1) is 22.7 Å². The van der Waals surface area contributed by atoms with E-state index in [2.05, 4.69) is 156 Å². The van der Waals surface area contributed by atoms with Crippen molar-refractivity contribution in [1.82, 2.24) is 19.5 Å². The molecular weight excluding hydrogens is 733 g/mol. The van der Waals surface area contributed by atoms with E-state index in [0.717, 1.165) is 41.1 Å². The molecule has 4 aromatic heterocycles. The molecule has 0 spiro atoms. The van der Waals surface area contributed by atoms with E-state index in [1.54, 1.807) is 0 Å². The van der Waals surface area contributed by atoms with Crippen LogP contribution in [0.15, 0.2) is 170 Å². The number of nitrogens with zero attached hydrogens (tertiary/aromatic N) is 4. The van der Waals surface area contributed by atoms with Crippen molar-refractivity contribution in [2.75, 3.05) is 0 Å². The molecule has 0 saturated heterocycles. The van der Waals surface area contributed by atoms with Crippen LogP contribution in [0.2, 0.25) is 0 Å². The molecule has 4 heterocycles. The number of hydrogen-bond donors (Lipinski definition) is 0. The lowest BCUT2D eigenvalue weighted by atomic mass is 9.95. The van der Waals surface area contributed by atoms with Crippen LogP contribution in [0.5, 0.6) is 0 Å². The molecule has 0 saturated carbocycles. The van der Waals surface area contributed by atoms with Gasteiger partial charge in [0.1, 0.15) is 0 Å². The maximum absolute atomic E-state index is 5.32. The van der Waals surface area contributed by atoms with E-state index in [4.69, 9.17) is 15.0 Å². The van der Waals surface area contributed by atoms with Crippen LogP contribution in [0.25, 0.3) is 97.2 Å². The van der Waals surface area contributed by atoms with Crippen LogP contribution in [0, 0.1) is 0 Å². The lowest BCUT2D eigenvalue weighted by Gasteiger charge is -2.15. The summed E-state index contributed by atoms with van der Waals surface area (Å²) in [6.07, 6.45) is 4.31. The lowest BCUT2D eigenvalue weighted by Crippen LogP contribution is -2.06.